The molecule has 0 aromatic heterocycles. The summed E-state index contributed by atoms with van der Waals surface area (Å²) in [6, 6.07) is 8.44. The maximum absolute atomic E-state index is 5.71. The number of hydrogen-bond acceptors (Lipinski definition) is 2. The first kappa shape index (κ1) is 13.0. The van der Waals surface area contributed by atoms with Crippen LogP contribution in [0.1, 0.15) is 50.0 Å². The zero-order chi connectivity index (χ0) is 12.9. The predicted octanol–water partition coefficient (Wildman–Crippen LogP) is 3.72. The van der Waals surface area contributed by atoms with Gasteiger partial charge in [-0.25, -0.2) is 0 Å². The molecule has 0 bridgehead atoms. The zero-order valence-corrected chi connectivity index (χ0v) is 11.7. The normalized spacial score (nSPS) is 22.4. The van der Waals surface area contributed by atoms with Crippen LogP contribution in [0.15, 0.2) is 24.3 Å². The third-order valence-electron chi connectivity index (χ3n) is 4.63. The van der Waals surface area contributed by atoms with Crippen LogP contribution >= 0.6 is 0 Å². The van der Waals surface area contributed by atoms with Gasteiger partial charge < -0.3 is 10.1 Å². The number of hydrogen-bond donors (Lipinski definition) is 1. The van der Waals surface area contributed by atoms with E-state index in [-0.39, 0.29) is 0 Å². The largest absolute Gasteiger partial charge is 0.493 e. The summed E-state index contributed by atoms with van der Waals surface area (Å²) in [5.74, 6) is 2.65. The summed E-state index contributed by atoms with van der Waals surface area (Å²) in [4.78, 5) is 0. The van der Waals surface area contributed by atoms with Gasteiger partial charge in [-0.3, -0.25) is 0 Å². The van der Waals surface area contributed by atoms with E-state index in [1.165, 1.54) is 44.1 Å². The maximum Gasteiger partial charge on any atom is 0.122 e. The molecule has 1 aliphatic carbocycles. The first-order valence-electron chi connectivity index (χ1n) is 7.86. The van der Waals surface area contributed by atoms with Crippen LogP contribution in [0.2, 0.25) is 0 Å². The SMILES string of the molecule is c1ccc2c(c1)OCC2CNCCCC1CCCC1. The number of para-hydroxylation sites is 1. The summed E-state index contributed by atoms with van der Waals surface area (Å²) in [5.41, 5.74) is 1.38. The van der Waals surface area contributed by atoms with Crippen molar-refractivity contribution >= 4 is 0 Å². The molecule has 1 aromatic rings. The number of fused-ring (bicyclic) bond motifs is 1. The summed E-state index contributed by atoms with van der Waals surface area (Å²) in [7, 11) is 0. The van der Waals surface area contributed by atoms with Crippen molar-refractivity contribution in [2.75, 3.05) is 19.7 Å². The number of benzene rings is 1. The van der Waals surface area contributed by atoms with Crippen molar-refractivity contribution in [3.63, 3.8) is 0 Å². The van der Waals surface area contributed by atoms with Crippen LogP contribution in [0.4, 0.5) is 0 Å². The van der Waals surface area contributed by atoms with E-state index in [1.54, 1.807) is 0 Å². The average molecular weight is 259 g/mol. The Morgan fingerprint density at radius 1 is 1.16 bits per heavy atom. The van der Waals surface area contributed by atoms with Gasteiger partial charge in [0.15, 0.2) is 0 Å². The minimum atomic E-state index is 0.544. The van der Waals surface area contributed by atoms with E-state index in [1.807, 2.05) is 0 Å². The number of nitrogens with one attached hydrogen (secondary N) is 1. The smallest absolute Gasteiger partial charge is 0.122 e. The van der Waals surface area contributed by atoms with Gasteiger partial charge in [-0.2, -0.15) is 0 Å². The first-order valence-corrected chi connectivity index (χ1v) is 7.86. The Bertz CT molecular complexity index is 398. The van der Waals surface area contributed by atoms with Gasteiger partial charge in [-0.05, 0) is 31.4 Å². The van der Waals surface area contributed by atoms with Gasteiger partial charge in [0, 0.05) is 18.0 Å². The summed E-state index contributed by atoms with van der Waals surface area (Å²) in [5, 5.41) is 3.61. The molecule has 2 nitrogen and oxygen atoms in total. The molecule has 0 spiro atoms. The second-order valence-corrected chi connectivity index (χ2v) is 6.04. The van der Waals surface area contributed by atoms with Crippen LogP contribution in [0, 0.1) is 5.92 Å². The van der Waals surface area contributed by atoms with Gasteiger partial charge in [-0.15, -0.1) is 0 Å². The Morgan fingerprint density at radius 3 is 2.89 bits per heavy atom. The third kappa shape index (κ3) is 3.30. The molecule has 2 heteroatoms. The Morgan fingerprint density at radius 2 is 2.00 bits per heavy atom. The third-order valence-corrected chi connectivity index (χ3v) is 4.63. The molecule has 2 aliphatic rings. The van der Waals surface area contributed by atoms with Gasteiger partial charge in [0.1, 0.15) is 5.75 Å². The highest BCUT2D eigenvalue weighted by Crippen LogP contribution is 2.33. The molecule has 104 valence electrons. The fourth-order valence-corrected chi connectivity index (χ4v) is 3.49. The van der Waals surface area contributed by atoms with Crippen LogP contribution in [0.25, 0.3) is 0 Å². The Kier molecular flexibility index (Phi) is 4.39. The summed E-state index contributed by atoms with van der Waals surface area (Å²) >= 11 is 0. The van der Waals surface area contributed by atoms with Crippen molar-refractivity contribution in [3.05, 3.63) is 29.8 Å². The van der Waals surface area contributed by atoms with Crippen molar-refractivity contribution in [1.29, 1.82) is 0 Å². The highest BCUT2D eigenvalue weighted by atomic mass is 16.5. The number of ether oxygens (including phenoxy) is 1. The second kappa shape index (κ2) is 6.42. The average Bonchev–Trinajstić information content (AvgIpc) is 3.08. The van der Waals surface area contributed by atoms with E-state index in [0.29, 0.717) is 5.92 Å². The van der Waals surface area contributed by atoms with Gasteiger partial charge >= 0.3 is 0 Å². The molecule has 1 heterocycles. The molecule has 19 heavy (non-hydrogen) atoms. The maximum atomic E-state index is 5.71. The molecule has 1 aliphatic heterocycles. The highest BCUT2D eigenvalue weighted by molar-refractivity contribution is 5.39. The highest BCUT2D eigenvalue weighted by Gasteiger charge is 2.22. The van der Waals surface area contributed by atoms with Gasteiger partial charge in [-0.1, -0.05) is 43.9 Å². The zero-order valence-electron chi connectivity index (χ0n) is 11.7. The van der Waals surface area contributed by atoms with E-state index in [9.17, 15) is 0 Å². The lowest BCUT2D eigenvalue weighted by Gasteiger charge is -2.12. The van der Waals surface area contributed by atoms with Crippen LogP contribution in [0.3, 0.4) is 0 Å². The van der Waals surface area contributed by atoms with Crippen molar-refractivity contribution in [2.24, 2.45) is 5.92 Å². The Balaban J connectivity index is 1.34. The molecule has 1 N–H and O–H groups in total. The van der Waals surface area contributed by atoms with Crippen molar-refractivity contribution < 1.29 is 4.74 Å². The molecule has 1 aromatic carbocycles. The second-order valence-electron chi connectivity index (χ2n) is 6.04. The molecule has 3 rings (SSSR count). The summed E-state index contributed by atoms with van der Waals surface area (Å²) in [6.07, 6.45) is 8.64. The van der Waals surface area contributed by atoms with Gasteiger partial charge in [0.25, 0.3) is 0 Å². The first-order chi connectivity index (χ1) is 9.43. The molecule has 1 atom stereocenters. The van der Waals surface area contributed by atoms with Gasteiger partial charge in [0.2, 0.25) is 0 Å². The van der Waals surface area contributed by atoms with Gasteiger partial charge in [0.05, 0.1) is 6.61 Å². The molecule has 0 amide bonds. The fraction of sp³-hybridized carbons (Fsp3) is 0.647. The lowest BCUT2D eigenvalue weighted by atomic mass is 10.0. The molecule has 0 radical (unpaired) electrons. The van der Waals surface area contributed by atoms with Crippen molar-refractivity contribution in [3.8, 4) is 5.75 Å². The quantitative estimate of drug-likeness (QED) is 0.786. The van der Waals surface area contributed by atoms with Crippen LogP contribution < -0.4 is 10.1 Å². The lowest BCUT2D eigenvalue weighted by molar-refractivity contribution is 0.325. The molecular formula is C17H25NO. The fourth-order valence-electron chi connectivity index (χ4n) is 3.49. The van der Waals surface area contributed by atoms with E-state index in [2.05, 4.69) is 29.6 Å². The van der Waals surface area contributed by atoms with Crippen molar-refractivity contribution in [2.45, 2.75) is 44.4 Å². The van der Waals surface area contributed by atoms with Crippen molar-refractivity contribution in [1.82, 2.24) is 5.32 Å². The summed E-state index contributed by atoms with van der Waals surface area (Å²) < 4.78 is 5.71. The minimum Gasteiger partial charge on any atom is -0.493 e. The monoisotopic (exact) mass is 259 g/mol. The summed E-state index contributed by atoms with van der Waals surface area (Å²) in [6.45, 7) is 3.06. The van der Waals surface area contributed by atoms with Crippen LogP contribution in [-0.2, 0) is 0 Å². The Labute approximate surface area is 116 Å². The lowest BCUT2D eigenvalue weighted by Crippen LogP contribution is -2.23. The standard InChI is InChI=1S/C17H25NO/c1-2-7-14(6-1)8-5-11-18-12-15-13-19-17-10-4-3-9-16(15)17/h3-4,9-10,14-15,18H,1-2,5-8,11-13H2. The molecule has 0 saturated heterocycles. The topological polar surface area (TPSA) is 21.3 Å². The van der Waals surface area contributed by atoms with E-state index in [4.69, 9.17) is 4.74 Å². The van der Waals surface area contributed by atoms with Crippen LogP contribution in [-0.4, -0.2) is 19.7 Å². The molecular weight excluding hydrogens is 234 g/mol. The molecule has 1 fully saturated rings. The number of rotatable bonds is 6. The molecule has 1 saturated carbocycles. The molecule has 1 unspecified atom stereocenters. The predicted molar refractivity (Wildman–Crippen MR) is 78.7 cm³/mol. The van der Waals surface area contributed by atoms with E-state index in [0.717, 1.165) is 31.4 Å². The Hall–Kier alpha value is -1.02. The van der Waals surface area contributed by atoms with E-state index < -0.39 is 0 Å². The minimum absolute atomic E-state index is 0.544. The van der Waals surface area contributed by atoms with Crippen LogP contribution in [0.5, 0.6) is 5.75 Å². The van der Waals surface area contributed by atoms with E-state index >= 15 is 0 Å².